The van der Waals surface area contributed by atoms with Crippen LogP contribution in [0.1, 0.15) is 37.7 Å². The predicted octanol–water partition coefficient (Wildman–Crippen LogP) is 3.42. The highest BCUT2D eigenvalue weighted by molar-refractivity contribution is 14.0. The zero-order chi connectivity index (χ0) is 19.0. The molecule has 156 valence electrons. The van der Waals surface area contributed by atoms with Crippen molar-refractivity contribution in [3.05, 3.63) is 29.8 Å². The van der Waals surface area contributed by atoms with Gasteiger partial charge in [0.25, 0.3) is 0 Å². The van der Waals surface area contributed by atoms with E-state index in [-0.39, 0.29) is 24.0 Å². The Morgan fingerprint density at radius 2 is 1.70 bits per heavy atom. The van der Waals surface area contributed by atoms with Crippen molar-refractivity contribution in [1.82, 2.24) is 10.6 Å². The highest BCUT2D eigenvalue weighted by Crippen LogP contribution is 2.21. The molecule has 0 saturated heterocycles. The Morgan fingerprint density at radius 3 is 2.33 bits per heavy atom. The van der Waals surface area contributed by atoms with Crippen LogP contribution in [0.4, 0.5) is 0 Å². The van der Waals surface area contributed by atoms with E-state index in [0.717, 1.165) is 50.7 Å². The van der Waals surface area contributed by atoms with E-state index in [1.54, 1.807) is 21.3 Å². The van der Waals surface area contributed by atoms with E-state index in [1.807, 2.05) is 12.1 Å². The van der Waals surface area contributed by atoms with Gasteiger partial charge >= 0.3 is 0 Å². The number of hydrogen-bond donors (Lipinski definition) is 2. The Bertz CT molecular complexity index is 498. The largest absolute Gasteiger partial charge is 0.497 e. The van der Waals surface area contributed by atoms with Crippen LogP contribution in [0, 0.1) is 0 Å². The third-order valence-electron chi connectivity index (χ3n) is 4.22. The minimum absolute atomic E-state index is 0. The number of nitrogens with one attached hydrogen (secondary N) is 2. The van der Waals surface area contributed by atoms with Gasteiger partial charge < -0.3 is 24.8 Å². The van der Waals surface area contributed by atoms with Gasteiger partial charge in [0.15, 0.2) is 5.96 Å². The molecule has 6 nitrogen and oxygen atoms in total. The summed E-state index contributed by atoms with van der Waals surface area (Å²) in [6.07, 6.45) is 3.12. The van der Waals surface area contributed by atoms with E-state index in [9.17, 15) is 0 Å². The maximum absolute atomic E-state index is 5.45. The fourth-order valence-electron chi connectivity index (χ4n) is 2.51. The summed E-state index contributed by atoms with van der Waals surface area (Å²) in [6, 6.07) is 8.29. The number of guanidine groups is 1. The first-order chi connectivity index (χ1) is 12.7. The number of methoxy groups -OCH3 is 2. The summed E-state index contributed by atoms with van der Waals surface area (Å²) in [5, 5.41) is 6.72. The van der Waals surface area contributed by atoms with Crippen LogP contribution < -0.4 is 15.4 Å². The molecule has 1 atom stereocenters. The summed E-state index contributed by atoms with van der Waals surface area (Å²) in [7, 11) is 5.18. The Morgan fingerprint density at radius 1 is 1.00 bits per heavy atom. The second-order valence-electron chi connectivity index (χ2n) is 6.20. The van der Waals surface area contributed by atoms with E-state index in [1.165, 1.54) is 5.56 Å². The van der Waals surface area contributed by atoms with Crippen molar-refractivity contribution in [3.63, 3.8) is 0 Å². The highest BCUT2D eigenvalue weighted by Gasteiger charge is 2.06. The molecule has 0 saturated carbocycles. The maximum Gasteiger partial charge on any atom is 0.190 e. The number of nitrogens with zero attached hydrogens (tertiary/aromatic N) is 1. The normalized spacial score (nSPS) is 12.2. The minimum atomic E-state index is 0. The molecule has 0 aliphatic carbocycles. The summed E-state index contributed by atoms with van der Waals surface area (Å²) in [4.78, 5) is 4.27. The fourth-order valence-corrected chi connectivity index (χ4v) is 2.51. The van der Waals surface area contributed by atoms with Crippen molar-refractivity contribution in [2.24, 2.45) is 4.99 Å². The molecule has 1 aromatic rings. The first-order valence-electron chi connectivity index (χ1n) is 9.36. The van der Waals surface area contributed by atoms with Gasteiger partial charge in [0.2, 0.25) is 0 Å². The number of halogens is 1. The lowest BCUT2D eigenvalue weighted by Crippen LogP contribution is -2.38. The standard InChI is InChI=1S/C20H35N3O3.HI/c1-17(18-7-9-19(25-4)10-8-18)11-13-23-20(21-2)22-12-5-6-14-26-16-15-24-3;/h7-10,17H,5-6,11-16H2,1-4H3,(H2,21,22,23);1H. The molecule has 1 rings (SSSR count). The van der Waals surface area contributed by atoms with Gasteiger partial charge in [0.1, 0.15) is 5.75 Å². The van der Waals surface area contributed by atoms with Crippen molar-refractivity contribution in [1.29, 1.82) is 0 Å². The van der Waals surface area contributed by atoms with E-state index >= 15 is 0 Å². The number of hydrogen-bond acceptors (Lipinski definition) is 4. The summed E-state index contributed by atoms with van der Waals surface area (Å²) < 4.78 is 15.6. The van der Waals surface area contributed by atoms with E-state index in [0.29, 0.717) is 19.1 Å². The van der Waals surface area contributed by atoms with Gasteiger partial charge in [-0.1, -0.05) is 19.1 Å². The number of unbranched alkanes of at least 4 members (excludes halogenated alkanes) is 1. The Hall–Kier alpha value is -1.06. The molecule has 0 fully saturated rings. The molecule has 0 radical (unpaired) electrons. The molecule has 0 aliphatic heterocycles. The molecule has 2 N–H and O–H groups in total. The average molecular weight is 493 g/mol. The van der Waals surface area contributed by atoms with Crippen LogP contribution in [0.5, 0.6) is 5.75 Å². The molecule has 0 aromatic heterocycles. The quantitative estimate of drug-likeness (QED) is 0.191. The monoisotopic (exact) mass is 493 g/mol. The van der Waals surface area contributed by atoms with Crippen LogP contribution in [0.15, 0.2) is 29.3 Å². The third kappa shape index (κ3) is 12.1. The van der Waals surface area contributed by atoms with Crippen LogP contribution in [-0.2, 0) is 9.47 Å². The number of aliphatic imine (C=N–C) groups is 1. The van der Waals surface area contributed by atoms with Crippen molar-refractivity contribution >= 4 is 29.9 Å². The van der Waals surface area contributed by atoms with Crippen molar-refractivity contribution in [2.75, 3.05) is 54.2 Å². The molecule has 0 bridgehead atoms. The minimum Gasteiger partial charge on any atom is -0.497 e. The van der Waals surface area contributed by atoms with Gasteiger partial charge in [0, 0.05) is 33.9 Å². The van der Waals surface area contributed by atoms with Crippen LogP contribution >= 0.6 is 24.0 Å². The predicted molar refractivity (Wildman–Crippen MR) is 123 cm³/mol. The molecule has 0 spiro atoms. The van der Waals surface area contributed by atoms with E-state index < -0.39 is 0 Å². The summed E-state index contributed by atoms with van der Waals surface area (Å²) >= 11 is 0. The Labute approximate surface area is 181 Å². The van der Waals surface area contributed by atoms with Gasteiger partial charge in [-0.05, 0) is 42.9 Å². The van der Waals surface area contributed by atoms with Gasteiger partial charge in [-0.2, -0.15) is 0 Å². The van der Waals surface area contributed by atoms with E-state index in [2.05, 4.69) is 34.7 Å². The fraction of sp³-hybridized carbons (Fsp3) is 0.650. The highest BCUT2D eigenvalue weighted by atomic mass is 127. The van der Waals surface area contributed by atoms with Gasteiger partial charge in [-0.25, -0.2) is 0 Å². The molecule has 1 unspecified atom stereocenters. The van der Waals surface area contributed by atoms with Crippen molar-refractivity contribution in [2.45, 2.75) is 32.1 Å². The van der Waals surface area contributed by atoms with Gasteiger partial charge in [-0.15, -0.1) is 24.0 Å². The smallest absolute Gasteiger partial charge is 0.190 e. The molecular weight excluding hydrogens is 457 g/mol. The molecule has 0 heterocycles. The average Bonchev–Trinajstić information content (AvgIpc) is 2.68. The SMILES string of the molecule is CN=C(NCCCCOCCOC)NCCC(C)c1ccc(OC)cc1.I. The van der Waals surface area contributed by atoms with Crippen LogP contribution in [0.2, 0.25) is 0 Å². The molecule has 27 heavy (non-hydrogen) atoms. The van der Waals surface area contributed by atoms with Crippen molar-refractivity contribution in [3.8, 4) is 5.75 Å². The van der Waals surface area contributed by atoms with Crippen LogP contribution in [-0.4, -0.2) is 60.1 Å². The zero-order valence-corrected chi connectivity index (χ0v) is 19.5. The summed E-state index contributed by atoms with van der Waals surface area (Å²) in [5.74, 6) is 2.23. The second kappa shape index (κ2) is 17.1. The lowest BCUT2D eigenvalue weighted by Gasteiger charge is -2.15. The second-order valence-corrected chi connectivity index (χ2v) is 6.20. The lowest BCUT2D eigenvalue weighted by atomic mass is 9.98. The van der Waals surface area contributed by atoms with Crippen LogP contribution in [0.3, 0.4) is 0 Å². The van der Waals surface area contributed by atoms with Gasteiger partial charge in [0.05, 0.1) is 20.3 Å². The maximum atomic E-state index is 5.45. The van der Waals surface area contributed by atoms with Gasteiger partial charge in [-0.3, -0.25) is 4.99 Å². The lowest BCUT2D eigenvalue weighted by molar-refractivity contribution is 0.0689. The Balaban J connectivity index is 0.00000676. The zero-order valence-electron chi connectivity index (χ0n) is 17.1. The molecule has 1 aromatic carbocycles. The molecule has 0 amide bonds. The van der Waals surface area contributed by atoms with E-state index in [4.69, 9.17) is 14.2 Å². The molecule has 7 heteroatoms. The summed E-state index contributed by atoms with van der Waals surface area (Å²) in [6.45, 7) is 6.11. The first-order valence-corrected chi connectivity index (χ1v) is 9.36. The Kier molecular flexibility index (Phi) is 16.4. The third-order valence-corrected chi connectivity index (χ3v) is 4.22. The summed E-state index contributed by atoms with van der Waals surface area (Å²) in [5.41, 5.74) is 1.32. The first kappa shape index (κ1) is 25.9. The van der Waals surface area contributed by atoms with Crippen molar-refractivity contribution < 1.29 is 14.2 Å². The number of ether oxygens (including phenoxy) is 3. The topological polar surface area (TPSA) is 64.1 Å². The molecular formula is C20H36IN3O3. The van der Waals surface area contributed by atoms with Crippen LogP contribution in [0.25, 0.3) is 0 Å². The number of benzene rings is 1. The number of rotatable bonds is 13. The molecule has 0 aliphatic rings.